The first-order chi connectivity index (χ1) is 6.45. The summed E-state index contributed by atoms with van der Waals surface area (Å²) in [5.74, 6) is 0.655. The van der Waals surface area contributed by atoms with Crippen LogP contribution in [0.25, 0.3) is 0 Å². The molecule has 2 N–H and O–H groups in total. The molecule has 0 saturated carbocycles. The second kappa shape index (κ2) is 6.82. The predicted molar refractivity (Wildman–Crippen MR) is 60.0 cm³/mol. The predicted octanol–water partition coefficient (Wildman–Crippen LogP) is 1.62. The fraction of sp³-hybridized carbons (Fsp3) is 0.909. The minimum Gasteiger partial charge on any atom is -0.368 e. The Bertz CT molecular complexity index is 166. The molecule has 1 amide bonds. The third-order valence-corrected chi connectivity index (χ3v) is 2.10. The minimum atomic E-state index is -0.179. The maximum atomic E-state index is 10.7. The molecule has 0 bridgehead atoms. The zero-order chi connectivity index (χ0) is 11.1. The molecule has 84 valence electrons. The number of likely N-dealkylation sites (N-methyl/N-ethyl adjacent to an activating group) is 1. The Balaban J connectivity index is 0.000000364. The molecular formula is C11H24N2O. The molecule has 1 aliphatic heterocycles. The van der Waals surface area contributed by atoms with Gasteiger partial charge in [0, 0.05) is 0 Å². The number of likely N-dealkylation sites (tertiary alicyclic amines) is 1. The van der Waals surface area contributed by atoms with E-state index in [9.17, 15) is 4.79 Å². The summed E-state index contributed by atoms with van der Waals surface area (Å²) in [7, 11) is 1.95. The SMILES string of the molecule is CC(C)C.CN1CCCCC1C(N)=O. The van der Waals surface area contributed by atoms with Crippen LogP contribution in [-0.2, 0) is 4.79 Å². The van der Waals surface area contributed by atoms with Gasteiger partial charge in [-0.15, -0.1) is 0 Å². The number of hydrogen-bond donors (Lipinski definition) is 1. The quantitative estimate of drug-likeness (QED) is 0.699. The van der Waals surface area contributed by atoms with E-state index in [0.717, 1.165) is 25.3 Å². The van der Waals surface area contributed by atoms with Crippen molar-refractivity contribution in [3.05, 3.63) is 0 Å². The summed E-state index contributed by atoms with van der Waals surface area (Å²) >= 11 is 0. The van der Waals surface area contributed by atoms with E-state index < -0.39 is 0 Å². The highest BCUT2D eigenvalue weighted by molar-refractivity contribution is 5.79. The van der Waals surface area contributed by atoms with Crippen molar-refractivity contribution >= 4 is 5.91 Å². The minimum absolute atomic E-state index is 0.00579. The van der Waals surface area contributed by atoms with Crippen molar-refractivity contribution in [2.45, 2.75) is 46.1 Å². The summed E-state index contributed by atoms with van der Waals surface area (Å²) in [6.07, 6.45) is 3.27. The number of rotatable bonds is 1. The van der Waals surface area contributed by atoms with Gasteiger partial charge in [-0.2, -0.15) is 0 Å². The Morgan fingerprint density at radius 1 is 1.36 bits per heavy atom. The summed E-state index contributed by atoms with van der Waals surface area (Å²) in [6, 6.07) is -0.00579. The molecule has 14 heavy (non-hydrogen) atoms. The van der Waals surface area contributed by atoms with E-state index in [2.05, 4.69) is 20.8 Å². The van der Waals surface area contributed by atoms with Crippen LogP contribution in [0.2, 0.25) is 0 Å². The molecule has 1 heterocycles. The number of nitrogens with two attached hydrogens (primary N) is 1. The topological polar surface area (TPSA) is 46.3 Å². The Kier molecular flexibility index (Phi) is 6.54. The first-order valence-electron chi connectivity index (χ1n) is 5.44. The number of hydrogen-bond acceptors (Lipinski definition) is 2. The van der Waals surface area contributed by atoms with Crippen molar-refractivity contribution in [3.8, 4) is 0 Å². The van der Waals surface area contributed by atoms with Crippen LogP contribution in [0.15, 0.2) is 0 Å². The highest BCUT2D eigenvalue weighted by Gasteiger charge is 2.22. The lowest BCUT2D eigenvalue weighted by Crippen LogP contribution is -2.45. The highest BCUT2D eigenvalue weighted by atomic mass is 16.1. The van der Waals surface area contributed by atoms with Crippen LogP contribution in [0.1, 0.15) is 40.0 Å². The fourth-order valence-electron chi connectivity index (χ4n) is 1.43. The Morgan fingerprint density at radius 2 is 1.86 bits per heavy atom. The number of amides is 1. The maximum absolute atomic E-state index is 10.7. The lowest BCUT2D eigenvalue weighted by molar-refractivity contribution is -0.123. The van der Waals surface area contributed by atoms with E-state index in [1.165, 1.54) is 6.42 Å². The van der Waals surface area contributed by atoms with Gasteiger partial charge in [0.15, 0.2) is 0 Å². The summed E-state index contributed by atoms with van der Waals surface area (Å²) in [5, 5.41) is 0. The standard InChI is InChI=1S/C7H14N2O.C4H10/c1-9-5-3-2-4-6(9)7(8)10;1-4(2)3/h6H,2-5H2,1H3,(H2,8,10);4H,1-3H3. The van der Waals surface area contributed by atoms with Crippen LogP contribution >= 0.6 is 0 Å². The van der Waals surface area contributed by atoms with E-state index in [0.29, 0.717) is 0 Å². The van der Waals surface area contributed by atoms with Crippen LogP contribution in [0.4, 0.5) is 0 Å². The van der Waals surface area contributed by atoms with E-state index in [-0.39, 0.29) is 11.9 Å². The average Bonchev–Trinajstić information content (AvgIpc) is 2.03. The second-order valence-corrected chi connectivity index (χ2v) is 4.63. The van der Waals surface area contributed by atoms with Crippen molar-refractivity contribution < 1.29 is 4.79 Å². The molecule has 0 radical (unpaired) electrons. The molecule has 1 aliphatic rings. The summed E-state index contributed by atoms with van der Waals surface area (Å²) < 4.78 is 0. The van der Waals surface area contributed by atoms with Crippen molar-refractivity contribution in [2.24, 2.45) is 11.7 Å². The molecule has 0 aromatic carbocycles. The molecule has 1 unspecified atom stereocenters. The number of carbonyl (C=O) groups excluding carboxylic acids is 1. The number of nitrogens with zero attached hydrogens (tertiary/aromatic N) is 1. The van der Waals surface area contributed by atoms with Gasteiger partial charge in [0.25, 0.3) is 0 Å². The summed E-state index contributed by atoms with van der Waals surface area (Å²) in [5.41, 5.74) is 5.18. The lowest BCUT2D eigenvalue weighted by Gasteiger charge is -2.29. The molecule has 3 heteroatoms. The first-order valence-corrected chi connectivity index (χ1v) is 5.44. The summed E-state index contributed by atoms with van der Waals surface area (Å²) in [6.45, 7) is 7.51. The molecule has 0 aliphatic carbocycles. The van der Waals surface area contributed by atoms with Gasteiger partial charge in [0.2, 0.25) is 5.91 Å². The van der Waals surface area contributed by atoms with Gasteiger partial charge < -0.3 is 5.73 Å². The normalized spacial score (nSPS) is 22.8. The van der Waals surface area contributed by atoms with Gasteiger partial charge in [0.1, 0.15) is 0 Å². The van der Waals surface area contributed by atoms with Gasteiger partial charge >= 0.3 is 0 Å². The molecule has 0 aromatic heterocycles. The third-order valence-electron chi connectivity index (χ3n) is 2.10. The number of carbonyl (C=O) groups is 1. The van der Waals surface area contributed by atoms with Gasteiger partial charge in [-0.1, -0.05) is 27.2 Å². The van der Waals surface area contributed by atoms with Gasteiger partial charge in [-0.25, -0.2) is 0 Å². The first kappa shape index (κ1) is 13.4. The lowest BCUT2D eigenvalue weighted by atomic mass is 10.0. The maximum Gasteiger partial charge on any atom is 0.234 e. The van der Waals surface area contributed by atoms with Gasteiger partial charge in [0.05, 0.1) is 6.04 Å². The van der Waals surface area contributed by atoms with E-state index in [4.69, 9.17) is 5.73 Å². The Labute approximate surface area is 87.6 Å². The van der Waals surface area contributed by atoms with Crippen molar-refractivity contribution in [1.82, 2.24) is 4.90 Å². The molecule has 1 saturated heterocycles. The van der Waals surface area contributed by atoms with Crippen molar-refractivity contribution in [3.63, 3.8) is 0 Å². The smallest absolute Gasteiger partial charge is 0.234 e. The van der Waals surface area contributed by atoms with Crippen LogP contribution in [0.5, 0.6) is 0 Å². The second-order valence-electron chi connectivity index (χ2n) is 4.63. The van der Waals surface area contributed by atoms with E-state index >= 15 is 0 Å². The Morgan fingerprint density at radius 3 is 2.14 bits per heavy atom. The zero-order valence-electron chi connectivity index (χ0n) is 9.92. The van der Waals surface area contributed by atoms with Crippen LogP contribution in [0.3, 0.4) is 0 Å². The molecular weight excluding hydrogens is 176 g/mol. The average molecular weight is 200 g/mol. The molecule has 0 aromatic rings. The highest BCUT2D eigenvalue weighted by Crippen LogP contribution is 2.13. The van der Waals surface area contributed by atoms with E-state index in [1.54, 1.807) is 0 Å². The molecule has 3 nitrogen and oxygen atoms in total. The summed E-state index contributed by atoms with van der Waals surface area (Å²) in [4.78, 5) is 12.8. The number of piperidine rings is 1. The third kappa shape index (κ3) is 5.97. The van der Waals surface area contributed by atoms with Crippen molar-refractivity contribution in [1.29, 1.82) is 0 Å². The van der Waals surface area contributed by atoms with Crippen LogP contribution < -0.4 is 5.73 Å². The zero-order valence-corrected chi connectivity index (χ0v) is 9.92. The van der Waals surface area contributed by atoms with Crippen LogP contribution in [0, 0.1) is 5.92 Å². The Hall–Kier alpha value is -0.570. The molecule has 1 rings (SSSR count). The fourth-order valence-corrected chi connectivity index (χ4v) is 1.43. The molecule has 1 fully saturated rings. The van der Waals surface area contributed by atoms with Crippen LogP contribution in [-0.4, -0.2) is 30.4 Å². The number of primary amides is 1. The van der Waals surface area contributed by atoms with Gasteiger partial charge in [-0.05, 0) is 32.4 Å². The molecule has 1 atom stereocenters. The van der Waals surface area contributed by atoms with Gasteiger partial charge in [-0.3, -0.25) is 9.69 Å². The monoisotopic (exact) mass is 200 g/mol. The van der Waals surface area contributed by atoms with E-state index in [1.807, 2.05) is 11.9 Å². The largest absolute Gasteiger partial charge is 0.368 e. The van der Waals surface area contributed by atoms with Crippen molar-refractivity contribution in [2.75, 3.05) is 13.6 Å². The molecule has 0 spiro atoms.